The summed E-state index contributed by atoms with van der Waals surface area (Å²) in [6.07, 6.45) is 0. The van der Waals surface area contributed by atoms with Crippen LogP contribution in [0.15, 0.2) is 30.3 Å². The fraction of sp³-hybridized carbons (Fsp3) is 0.143. The quantitative estimate of drug-likeness (QED) is 0.479. The van der Waals surface area contributed by atoms with Gasteiger partial charge in [-0.15, -0.1) is 0 Å². The van der Waals surface area contributed by atoms with Crippen LogP contribution in [0.2, 0.25) is 0 Å². The largest absolute Gasteiger partial charge is 0.320 e. The number of benzene rings is 1. The Morgan fingerprint density at radius 1 is 1.15 bits per heavy atom. The first kappa shape index (κ1) is 12.0. The predicted molar refractivity (Wildman–Crippen MR) is 47.7 cm³/mol. The van der Waals surface area contributed by atoms with Crippen molar-refractivity contribution < 1.29 is 18.2 Å². The fourth-order valence-electron chi connectivity index (χ4n) is 0.785. The summed E-state index contributed by atoms with van der Waals surface area (Å²) in [7, 11) is -3.88. The summed E-state index contributed by atoms with van der Waals surface area (Å²) in [6, 6.07) is 8.52. The van der Waals surface area contributed by atoms with Crippen LogP contribution in [0, 0.1) is 0 Å². The van der Waals surface area contributed by atoms with E-state index in [-0.39, 0.29) is 5.75 Å². The molecule has 0 atom stereocenters. The third-order valence-electron chi connectivity index (χ3n) is 1.19. The molecular weight excluding hydrogens is 194 g/mol. The van der Waals surface area contributed by atoms with Crippen molar-refractivity contribution in [3.8, 4) is 0 Å². The van der Waals surface area contributed by atoms with Gasteiger partial charge in [0.25, 0.3) is 10.1 Å². The number of hydrogen-bond acceptors (Lipinski definition) is 4. The Morgan fingerprint density at radius 2 is 1.62 bits per heavy atom. The van der Waals surface area contributed by atoms with Crippen LogP contribution in [0.3, 0.4) is 0 Å². The molecule has 0 aliphatic rings. The molecule has 0 fully saturated rings. The van der Waals surface area contributed by atoms with Gasteiger partial charge >= 0.3 is 0 Å². The number of hydrogen-bond donors (Lipinski definition) is 3. The smallest absolute Gasteiger partial charge is 0.269 e. The Balaban J connectivity index is 0.000000671. The molecule has 6 heteroatoms. The van der Waals surface area contributed by atoms with Crippen molar-refractivity contribution >= 4 is 10.1 Å². The van der Waals surface area contributed by atoms with Gasteiger partial charge in [-0.3, -0.25) is 4.55 Å². The second kappa shape index (κ2) is 5.65. The Morgan fingerprint density at radius 3 is 2.00 bits per heavy atom. The second-order valence-corrected chi connectivity index (χ2v) is 3.66. The molecular formula is C7H11NO4S. The second-order valence-electron chi connectivity index (χ2n) is 2.21. The van der Waals surface area contributed by atoms with E-state index in [9.17, 15) is 8.42 Å². The van der Waals surface area contributed by atoms with E-state index in [0.717, 1.165) is 0 Å². The highest BCUT2D eigenvalue weighted by molar-refractivity contribution is 7.85. The van der Waals surface area contributed by atoms with Crippen molar-refractivity contribution in [3.05, 3.63) is 35.9 Å². The molecule has 0 saturated carbocycles. The minimum absolute atomic E-state index is 0.312. The molecule has 0 spiro atoms. The van der Waals surface area contributed by atoms with E-state index in [4.69, 9.17) is 9.76 Å². The normalized spacial score (nSPS) is 10.1. The van der Waals surface area contributed by atoms with E-state index in [0.29, 0.717) is 5.56 Å². The molecule has 0 aliphatic carbocycles. The highest BCUT2D eigenvalue weighted by Gasteiger charge is 2.04. The zero-order valence-electron chi connectivity index (χ0n) is 6.79. The van der Waals surface area contributed by atoms with Gasteiger partial charge in [0.1, 0.15) is 5.75 Å². The van der Waals surface area contributed by atoms with Crippen molar-refractivity contribution in [2.24, 2.45) is 5.90 Å². The minimum atomic E-state index is -3.88. The molecule has 0 saturated heterocycles. The topological polar surface area (TPSA) is 101 Å². The van der Waals surface area contributed by atoms with Crippen LogP contribution in [-0.2, 0) is 15.9 Å². The molecule has 0 aliphatic heterocycles. The van der Waals surface area contributed by atoms with E-state index in [1.54, 1.807) is 30.3 Å². The molecule has 13 heavy (non-hydrogen) atoms. The summed E-state index contributed by atoms with van der Waals surface area (Å²) in [5, 5.41) is 6.50. The third-order valence-corrected chi connectivity index (χ3v) is 1.89. The van der Waals surface area contributed by atoms with Crippen molar-refractivity contribution in [1.82, 2.24) is 0 Å². The summed E-state index contributed by atoms with van der Waals surface area (Å²) in [5.41, 5.74) is 0.593. The van der Waals surface area contributed by atoms with Gasteiger partial charge in [-0.1, -0.05) is 30.3 Å². The van der Waals surface area contributed by atoms with Crippen LogP contribution in [0.5, 0.6) is 0 Å². The summed E-state index contributed by atoms with van der Waals surface area (Å²) < 4.78 is 29.2. The Labute approximate surface area is 76.5 Å². The molecule has 0 bridgehead atoms. The van der Waals surface area contributed by atoms with Gasteiger partial charge in [0.2, 0.25) is 0 Å². The van der Waals surface area contributed by atoms with E-state index >= 15 is 0 Å². The van der Waals surface area contributed by atoms with Gasteiger partial charge in [0, 0.05) is 0 Å². The lowest BCUT2D eigenvalue weighted by Crippen LogP contribution is -2.00. The van der Waals surface area contributed by atoms with Crippen LogP contribution < -0.4 is 5.90 Å². The van der Waals surface area contributed by atoms with Gasteiger partial charge in [0.05, 0.1) is 0 Å². The Kier molecular flexibility index (Phi) is 5.24. The highest BCUT2D eigenvalue weighted by Crippen LogP contribution is 2.02. The predicted octanol–water partition coefficient (Wildman–Crippen LogP) is 0.409. The average molecular weight is 205 g/mol. The minimum Gasteiger partial charge on any atom is -0.320 e. The van der Waals surface area contributed by atoms with Crippen molar-refractivity contribution in [1.29, 1.82) is 0 Å². The van der Waals surface area contributed by atoms with Gasteiger partial charge in [0.15, 0.2) is 0 Å². The fourth-order valence-corrected chi connectivity index (χ4v) is 1.40. The summed E-state index contributed by atoms with van der Waals surface area (Å²) in [4.78, 5) is 0. The van der Waals surface area contributed by atoms with E-state index < -0.39 is 10.1 Å². The molecule has 0 radical (unpaired) electrons. The SMILES string of the molecule is NO.O=S(=O)(O)Cc1ccccc1. The lowest BCUT2D eigenvalue weighted by Gasteiger charge is -1.95. The maximum Gasteiger partial charge on any atom is 0.269 e. The third kappa shape index (κ3) is 6.23. The van der Waals surface area contributed by atoms with Crippen LogP contribution in [0.25, 0.3) is 0 Å². The molecule has 0 heterocycles. The van der Waals surface area contributed by atoms with Crippen LogP contribution in [0.4, 0.5) is 0 Å². The van der Waals surface area contributed by atoms with E-state index in [2.05, 4.69) is 5.90 Å². The van der Waals surface area contributed by atoms with Gasteiger partial charge in [-0.25, -0.2) is 5.90 Å². The van der Waals surface area contributed by atoms with Crippen LogP contribution in [-0.4, -0.2) is 18.2 Å². The summed E-state index contributed by atoms with van der Waals surface area (Å²) >= 11 is 0. The first-order valence-corrected chi connectivity index (χ1v) is 4.94. The van der Waals surface area contributed by atoms with E-state index in [1.165, 1.54) is 0 Å². The Bertz CT molecular complexity index is 322. The molecule has 74 valence electrons. The lowest BCUT2D eigenvalue weighted by molar-refractivity contribution is 0.311. The van der Waals surface area contributed by atoms with Crippen molar-refractivity contribution in [2.75, 3.05) is 0 Å². The maximum atomic E-state index is 10.4. The first-order valence-electron chi connectivity index (χ1n) is 3.33. The molecule has 0 aromatic heterocycles. The van der Waals surface area contributed by atoms with Gasteiger partial charge < -0.3 is 5.21 Å². The molecule has 1 aromatic carbocycles. The van der Waals surface area contributed by atoms with Gasteiger partial charge in [-0.2, -0.15) is 8.42 Å². The van der Waals surface area contributed by atoms with Crippen molar-refractivity contribution in [2.45, 2.75) is 5.75 Å². The zero-order valence-corrected chi connectivity index (χ0v) is 7.61. The van der Waals surface area contributed by atoms with Crippen LogP contribution in [0.1, 0.15) is 5.56 Å². The van der Waals surface area contributed by atoms with Crippen molar-refractivity contribution in [3.63, 3.8) is 0 Å². The first-order chi connectivity index (χ1) is 6.08. The summed E-state index contributed by atoms with van der Waals surface area (Å²) in [5.74, 6) is 3.19. The number of rotatable bonds is 2. The van der Waals surface area contributed by atoms with E-state index in [1.807, 2.05) is 0 Å². The average Bonchev–Trinajstić information content (AvgIpc) is 2.07. The zero-order chi connectivity index (χ0) is 10.3. The highest BCUT2D eigenvalue weighted by atomic mass is 32.2. The Hall–Kier alpha value is -0.950. The maximum absolute atomic E-state index is 10.4. The lowest BCUT2D eigenvalue weighted by atomic mass is 10.2. The number of nitrogens with two attached hydrogens (primary N) is 1. The molecule has 4 N–H and O–H groups in total. The molecule has 0 unspecified atom stereocenters. The molecule has 5 nitrogen and oxygen atoms in total. The van der Waals surface area contributed by atoms with Crippen LogP contribution >= 0.6 is 0 Å². The molecule has 1 rings (SSSR count). The van der Waals surface area contributed by atoms with Gasteiger partial charge in [-0.05, 0) is 5.56 Å². The molecule has 0 amide bonds. The molecule has 1 aromatic rings. The monoisotopic (exact) mass is 205 g/mol. The standard InChI is InChI=1S/C7H8O3S.H3NO/c8-11(9,10)6-7-4-2-1-3-5-7;1-2/h1-5H,6H2,(H,8,9,10);2H,1H2. The summed E-state index contributed by atoms with van der Waals surface area (Å²) in [6.45, 7) is 0.